The van der Waals surface area contributed by atoms with Crippen LogP contribution in [0.5, 0.6) is 0 Å². The predicted octanol–water partition coefficient (Wildman–Crippen LogP) is 1.62. The highest BCUT2D eigenvalue weighted by Crippen LogP contribution is 2.42. The predicted molar refractivity (Wildman–Crippen MR) is 127 cm³/mol. The van der Waals surface area contributed by atoms with Crippen LogP contribution in [0.1, 0.15) is 41.0 Å². The van der Waals surface area contributed by atoms with E-state index in [0.717, 1.165) is 0 Å². The van der Waals surface area contributed by atoms with Crippen molar-refractivity contribution in [2.24, 2.45) is 5.92 Å². The fraction of sp³-hybridized carbons (Fsp3) is 0.417. The lowest BCUT2D eigenvalue weighted by molar-refractivity contribution is -0.286. The lowest BCUT2D eigenvalue weighted by Gasteiger charge is -2.42. The number of aromatic nitrogens is 1. The summed E-state index contributed by atoms with van der Waals surface area (Å²) in [5, 5.41) is 10.9. The highest BCUT2D eigenvalue weighted by molar-refractivity contribution is 7.46. The number of carbonyl (C=O) groups is 3. The van der Waals surface area contributed by atoms with Crippen LogP contribution in [0.15, 0.2) is 54.9 Å². The summed E-state index contributed by atoms with van der Waals surface area (Å²) >= 11 is 0. The van der Waals surface area contributed by atoms with E-state index in [0.29, 0.717) is 0 Å². The highest BCUT2D eigenvalue weighted by Gasteiger charge is 2.52. The molecule has 0 spiro atoms. The Morgan fingerprint density at radius 1 is 1.00 bits per heavy atom. The van der Waals surface area contributed by atoms with Gasteiger partial charge >= 0.3 is 25.7 Å². The lowest BCUT2D eigenvalue weighted by Crippen LogP contribution is -2.61. The van der Waals surface area contributed by atoms with E-state index in [4.69, 9.17) is 23.5 Å². The zero-order valence-electron chi connectivity index (χ0n) is 20.5. The van der Waals surface area contributed by atoms with Crippen molar-refractivity contribution < 1.29 is 57.3 Å². The van der Waals surface area contributed by atoms with Gasteiger partial charge in [0.05, 0.1) is 11.1 Å². The van der Waals surface area contributed by atoms with E-state index in [1.54, 1.807) is 32.0 Å². The number of benzene rings is 1. The standard InChI is InChI=1S/C24H28NO12P/c1-14(2)11-18(26)35-21-20(37-38(30,31)32)19(27)17(13-33-22(28)16-9-6-10-25-12-16)34-24(21)36-23(29)15-7-4-3-5-8-15/h3-10,12,14,17,19-21,24,27H,11,13H2,1-2H3,(H2,30,31,32). The summed E-state index contributed by atoms with van der Waals surface area (Å²) in [6, 6.07) is 10.6. The van der Waals surface area contributed by atoms with Crippen molar-refractivity contribution in [2.45, 2.75) is 51.0 Å². The third-order valence-corrected chi connectivity index (χ3v) is 5.75. The smallest absolute Gasteiger partial charge is 0.459 e. The maximum absolute atomic E-state index is 12.8. The number of nitrogens with zero attached hydrogens (tertiary/aromatic N) is 1. The molecule has 5 atom stereocenters. The zero-order chi connectivity index (χ0) is 27.9. The second-order valence-electron chi connectivity index (χ2n) is 8.76. The molecule has 1 aliphatic rings. The van der Waals surface area contributed by atoms with Gasteiger partial charge in [0.25, 0.3) is 0 Å². The molecule has 1 saturated heterocycles. The molecule has 2 aromatic rings. The molecule has 38 heavy (non-hydrogen) atoms. The van der Waals surface area contributed by atoms with Crippen LogP contribution in [0, 0.1) is 5.92 Å². The molecule has 5 unspecified atom stereocenters. The van der Waals surface area contributed by atoms with E-state index in [1.165, 1.54) is 36.7 Å². The van der Waals surface area contributed by atoms with Gasteiger partial charge in [-0.1, -0.05) is 32.0 Å². The van der Waals surface area contributed by atoms with Crippen molar-refractivity contribution in [2.75, 3.05) is 6.61 Å². The topological polar surface area (TPSA) is 188 Å². The number of rotatable bonds is 10. The SMILES string of the molecule is CC(C)CC(=O)OC1C(OC(=O)c2ccccc2)OC(COC(=O)c2cccnc2)C(O)C1OP(=O)(O)O. The van der Waals surface area contributed by atoms with Crippen LogP contribution in [0.3, 0.4) is 0 Å². The van der Waals surface area contributed by atoms with Crippen molar-refractivity contribution in [3.05, 3.63) is 66.0 Å². The molecule has 1 aromatic carbocycles. The molecule has 14 heteroatoms. The molecular weight excluding hydrogens is 525 g/mol. The summed E-state index contributed by atoms with van der Waals surface area (Å²) in [6.45, 7) is 2.83. The molecule has 1 fully saturated rings. The van der Waals surface area contributed by atoms with Gasteiger partial charge in [0.1, 0.15) is 24.9 Å². The molecule has 206 valence electrons. The first-order valence-corrected chi connectivity index (χ1v) is 13.1. The number of ether oxygens (including phenoxy) is 4. The van der Waals surface area contributed by atoms with Crippen LogP contribution < -0.4 is 0 Å². The molecule has 13 nitrogen and oxygen atoms in total. The molecule has 3 rings (SSSR count). The monoisotopic (exact) mass is 553 g/mol. The van der Waals surface area contributed by atoms with Gasteiger partial charge in [0, 0.05) is 18.8 Å². The Hall–Kier alpha value is -3.19. The molecule has 0 radical (unpaired) electrons. The molecule has 0 amide bonds. The summed E-state index contributed by atoms with van der Waals surface area (Å²) in [4.78, 5) is 60.3. The van der Waals surface area contributed by atoms with E-state index in [1.807, 2.05) is 0 Å². The largest absolute Gasteiger partial charge is 0.470 e. The summed E-state index contributed by atoms with van der Waals surface area (Å²) in [5.74, 6) is -2.71. The van der Waals surface area contributed by atoms with Crippen LogP contribution in [0.25, 0.3) is 0 Å². The van der Waals surface area contributed by atoms with Crippen LogP contribution in [0.4, 0.5) is 0 Å². The van der Waals surface area contributed by atoms with Crippen molar-refractivity contribution in [1.82, 2.24) is 4.98 Å². The van der Waals surface area contributed by atoms with Crippen molar-refractivity contribution in [3.8, 4) is 0 Å². The first-order valence-electron chi connectivity index (χ1n) is 11.5. The number of carbonyl (C=O) groups excluding carboxylic acids is 3. The lowest BCUT2D eigenvalue weighted by atomic mass is 9.98. The number of aliphatic hydroxyl groups is 1. The normalized spacial score (nSPS) is 23.5. The van der Waals surface area contributed by atoms with Gasteiger partial charge in [0.15, 0.2) is 6.10 Å². The van der Waals surface area contributed by atoms with E-state index in [9.17, 15) is 33.8 Å². The second kappa shape index (κ2) is 13.1. The summed E-state index contributed by atoms with van der Waals surface area (Å²) in [7, 11) is -5.27. The highest BCUT2D eigenvalue weighted by atomic mass is 31.2. The molecule has 2 heterocycles. The minimum Gasteiger partial charge on any atom is -0.459 e. The number of hydrogen-bond donors (Lipinski definition) is 3. The number of phosphoric acid groups is 1. The third kappa shape index (κ3) is 8.42. The molecule has 1 aromatic heterocycles. The maximum Gasteiger partial charge on any atom is 0.470 e. The quantitative estimate of drug-likeness (QED) is 0.219. The molecular formula is C24H28NO12P. The van der Waals surface area contributed by atoms with Crippen molar-refractivity contribution >= 4 is 25.7 Å². The van der Waals surface area contributed by atoms with Crippen molar-refractivity contribution in [3.63, 3.8) is 0 Å². The van der Waals surface area contributed by atoms with Gasteiger partial charge in [-0.15, -0.1) is 0 Å². The van der Waals surface area contributed by atoms with Crippen LogP contribution in [-0.4, -0.2) is 75.1 Å². The maximum atomic E-state index is 12.8. The fourth-order valence-corrected chi connectivity index (χ4v) is 4.09. The molecule has 3 N–H and O–H groups in total. The number of aliphatic hydroxyl groups excluding tert-OH is 1. The number of phosphoric ester groups is 1. The van der Waals surface area contributed by atoms with Crippen LogP contribution in [-0.2, 0) is 32.8 Å². The zero-order valence-corrected chi connectivity index (χ0v) is 21.4. The van der Waals surface area contributed by atoms with Gasteiger partial charge in [-0.2, -0.15) is 0 Å². The van der Waals surface area contributed by atoms with Crippen LogP contribution >= 0.6 is 7.82 Å². The van der Waals surface area contributed by atoms with Gasteiger partial charge in [-0.05, 0) is 30.2 Å². The summed E-state index contributed by atoms with van der Waals surface area (Å²) < 4.78 is 38.0. The minimum absolute atomic E-state index is 0.0911. The fourth-order valence-electron chi connectivity index (χ4n) is 3.53. The second-order valence-corrected chi connectivity index (χ2v) is 9.95. The van der Waals surface area contributed by atoms with E-state index in [-0.39, 0.29) is 23.5 Å². The Morgan fingerprint density at radius 3 is 2.29 bits per heavy atom. The number of hydrogen-bond acceptors (Lipinski definition) is 11. The van der Waals surface area contributed by atoms with E-state index >= 15 is 0 Å². The first-order chi connectivity index (χ1) is 17.9. The van der Waals surface area contributed by atoms with Crippen LogP contribution in [0.2, 0.25) is 0 Å². The van der Waals surface area contributed by atoms with E-state index in [2.05, 4.69) is 4.98 Å². The number of pyridine rings is 1. The Bertz CT molecular complexity index is 1140. The van der Waals surface area contributed by atoms with Crippen molar-refractivity contribution in [1.29, 1.82) is 0 Å². The Kier molecular flexibility index (Phi) is 10.1. The van der Waals surface area contributed by atoms with Gasteiger partial charge in [-0.25, -0.2) is 14.2 Å². The first kappa shape index (κ1) is 29.4. The molecule has 0 saturated carbocycles. The Morgan fingerprint density at radius 2 is 1.68 bits per heavy atom. The Balaban J connectivity index is 1.88. The Labute approximate surface area is 217 Å². The molecule has 0 aliphatic carbocycles. The summed E-state index contributed by atoms with van der Waals surface area (Å²) in [6.07, 6.45) is -6.27. The average Bonchev–Trinajstić information content (AvgIpc) is 2.86. The molecule has 1 aliphatic heterocycles. The van der Waals surface area contributed by atoms with Gasteiger partial charge < -0.3 is 33.8 Å². The number of esters is 3. The van der Waals surface area contributed by atoms with E-state index < -0.39 is 63.0 Å². The minimum atomic E-state index is -5.27. The summed E-state index contributed by atoms with van der Waals surface area (Å²) in [5.41, 5.74) is 0.190. The average molecular weight is 553 g/mol. The third-order valence-electron chi connectivity index (χ3n) is 5.23. The molecule has 0 bridgehead atoms. The van der Waals surface area contributed by atoms with Gasteiger partial charge in [-0.3, -0.25) is 14.3 Å². The van der Waals surface area contributed by atoms with Gasteiger partial charge in [0.2, 0.25) is 6.29 Å².